The van der Waals surface area contributed by atoms with Gasteiger partial charge in [-0.3, -0.25) is 9.59 Å². The minimum absolute atomic E-state index is 0.0370. The molecule has 0 unspecified atom stereocenters. The van der Waals surface area contributed by atoms with Crippen molar-refractivity contribution in [2.24, 2.45) is 5.10 Å². The number of nitrogens with zero attached hydrogens (tertiary/aromatic N) is 1. The number of hydrogen-bond acceptors (Lipinski definition) is 7. The Morgan fingerprint density at radius 3 is 2.42 bits per heavy atom. The highest BCUT2D eigenvalue weighted by atomic mass is 79.9. The number of carbonyl (C=O) groups excluding carboxylic acids is 3. The van der Waals surface area contributed by atoms with Gasteiger partial charge in [-0.2, -0.15) is 5.10 Å². The molecule has 9 nitrogen and oxygen atoms in total. The number of methoxy groups -OCH3 is 1. The van der Waals surface area contributed by atoms with Gasteiger partial charge in [0.25, 0.3) is 11.8 Å². The number of furan rings is 1. The van der Waals surface area contributed by atoms with Crippen LogP contribution in [-0.2, 0) is 0 Å². The van der Waals surface area contributed by atoms with Crippen molar-refractivity contribution >= 4 is 61.5 Å². The van der Waals surface area contributed by atoms with E-state index in [1.165, 1.54) is 24.6 Å². The van der Waals surface area contributed by atoms with Crippen LogP contribution in [0.25, 0.3) is 0 Å². The fraction of sp³-hybridized carbons (Fsp3) is 0.0370. The number of halogens is 2. The number of carbonyl (C=O) groups is 3. The number of hydrazone groups is 1. The van der Waals surface area contributed by atoms with E-state index in [-0.39, 0.29) is 23.0 Å². The van der Waals surface area contributed by atoms with Crippen LogP contribution in [0.4, 0.5) is 5.69 Å². The zero-order valence-electron chi connectivity index (χ0n) is 19.7. The molecule has 192 valence electrons. The Hall–Kier alpha value is -4.22. The Bertz CT molecular complexity index is 1500. The van der Waals surface area contributed by atoms with Gasteiger partial charge < -0.3 is 19.2 Å². The fourth-order valence-electron chi connectivity index (χ4n) is 3.23. The lowest BCUT2D eigenvalue weighted by molar-refractivity contribution is 0.0699. The summed E-state index contributed by atoms with van der Waals surface area (Å²) >= 11 is 6.75. The third-order valence-corrected chi connectivity index (χ3v) is 6.11. The molecular formula is C27H19Br2N3O6. The Morgan fingerprint density at radius 2 is 1.71 bits per heavy atom. The third kappa shape index (κ3) is 6.75. The second kappa shape index (κ2) is 12.3. The average molecular weight is 641 g/mol. The van der Waals surface area contributed by atoms with E-state index in [2.05, 4.69) is 47.7 Å². The number of anilines is 1. The minimum atomic E-state index is -0.690. The van der Waals surface area contributed by atoms with Crippen molar-refractivity contribution in [2.45, 2.75) is 0 Å². The Balaban J connectivity index is 1.44. The number of hydrogen-bond donors (Lipinski definition) is 2. The molecule has 2 amide bonds. The van der Waals surface area contributed by atoms with Gasteiger partial charge in [0.15, 0.2) is 5.75 Å². The summed E-state index contributed by atoms with van der Waals surface area (Å²) in [7, 11) is 1.55. The Morgan fingerprint density at radius 1 is 0.921 bits per heavy atom. The molecule has 0 atom stereocenters. The van der Waals surface area contributed by atoms with Gasteiger partial charge in [0, 0.05) is 26.9 Å². The quantitative estimate of drug-likeness (QED) is 0.105. The van der Waals surface area contributed by atoms with Gasteiger partial charge in [0.05, 0.1) is 24.1 Å². The summed E-state index contributed by atoms with van der Waals surface area (Å²) in [6, 6.07) is 19.5. The summed E-state index contributed by atoms with van der Waals surface area (Å²) in [4.78, 5) is 37.6. The number of esters is 1. The number of nitrogens with one attached hydrogen (secondary N) is 2. The molecular weight excluding hydrogens is 622 g/mol. The van der Waals surface area contributed by atoms with Crippen LogP contribution in [0.2, 0.25) is 0 Å². The van der Waals surface area contributed by atoms with Gasteiger partial charge in [0.2, 0.25) is 5.76 Å². The number of ether oxygens (including phenoxy) is 2. The molecule has 0 aliphatic carbocycles. The molecule has 0 bridgehead atoms. The van der Waals surface area contributed by atoms with Crippen LogP contribution < -0.4 is 20.2 Å². The van der Waals surface area contributed by atoms with Gasteiger partial charge in [-0.25, -0.2) is 10.2 Å². The molecule has 0 radical (unpaired) electrons. The van der Waals surface area contributed by atoms with E-state index >= 15 is 0 Å². The first kappa shape index (κ1) is 26.8. The van der Waals surface area contributed by atoms with Crippen LogP contribution in [-0.4, -0.2) is 31.1 Å². The highest BCUT2D eigenvalue weighted by Gasteiger charge is 2.17. The molecule has 0 aliphatic rings. The number of amides is 2. The van der Waals surface area contributed by atoms with Crippen LogP contribution in [0.15, 0.2) is 97.5 Å². The molecule has 0 saturated heterocycles. The second-order valence-electron chi connectivity index (χ2n) is 7.64. The first-order valence-electron chi connectivity index (χ1n) is 11.0. The van der Waals surface area contributed by atoms with Crippen molar-refractivity contribution in [3.63, 3.8) is 0 Å². The van der Waals surface area contributed by atoms with Gasteiger partial charge in [-0.1, -0.05) is 22.0 Å². The molecule has 2 N–H and O–H groups in total. The largest absolute Gasteiger partial charge is 0.497 e. The molecule has 0 saturated carbocycles. The smallest absolute Gasteiger partial charge is 0.379 e. The van der Waals surface area contributed by atoms with E-state index in [4.69, 9.17) is 13.9 Å². The van der Waals surface area contributed by atoms with Crippen molar-refractivity contribution in [1.82, 2.24) is 5.43 Å². The molecule has 3 aromatic carbocycles. The van der Waals surface area contributed by atoms with Crippen molar-refractivity contribution in [3.8, 4) is 11.5 Å². The zero-order chi connectivity index (χ0) is 27.1. The van der Waals surface area contributed by atoms with Crippen molar-refractivity contribution in [3.05, 3.63) is 110 Å². The van der Waals surface area contributed by atoms with Gasteiger partial charge in [-0.05, 0) is 82.7 Å². The van der Waals surface area contributed by atoms with Gasteiger partial charge in [-0.15, -0.1) is 0 Å². The summed E-state index contributed by atoms with van der Waals surface area (Å²) in [5.41, 5.74) is 3.99. The minimum Gasteiger partial charge on any atom is -0.497 e. The molecule has 11 heteroatoms. The highest BCUT2D eigenvalue weighted by Crippen LogP contribution is 2.32. The molecule has 38 heavy (non-hydrogen) atoms. The van der Waals surface area contributed by atoms with E-state index in [0.717, 1.165) is 0 Å². The topological polar surface area (TPSA) is 119 Å². The summed E-state index contributed by atoms with van der Waals surface area (Å²) in [5, 5.41) is 6.76. The third-order valence-electron chi connectivity index (χ3n) is 5.06. The summed E-state index contributed by atoms with van der Waals surface area (Å²) < 4.78 is 16.8. The van der Waals surface area contributed by atoms with Crippen molar-refractivity contribution < 1.29 is 28.3 Å². The summed E-state index contributed by atoms with van der Waals surface area (Å²) in [6.07, 6.45) is 2.71. The lowest BCUT2D eigenvalue weighted by atomic mass is 10.1. The van der Waals surface area contributed by atoms with E-state index in [0.29, 0.717) is 31.5 Å². The molecule has 4 aromatic rings. The molecule has 4 rings (SSSR count). The normalized spacial score (nSPS) is 10.7. The second-order valence-corrected chi connectivity index (χ2v) is 9.41. The van der Waals surface area contributed by atoms with E-state index < -0.39 is 11.9 Å². The maximum Gasteiger partial charge on any atom is 0.379 e. The van der Waals surface area contributed by atoms with E-state index in [1.807, 2.05) is 0 Å². The predicted octanol–water partition coefficient (Wildman–Crippen LogP) is 6.05. The first-order chi connectivity index (χ1) is 18.3. The predicted molar refractivity (Wildman–Crippen MR) is 148 cm³/mol. The van der Waals surface area contributed by atoms with Crippen LogP contribution in [0, 0.1) is 0 Å². The molecule has 0 aliphatic heterocycles. The molecule has 0 spiro atoms. The number of rotatable bonds is 8. The lowest BCUT2D eigenvalue weighted by Gasteiger charge is -2.10. The summed E-state index contributed by atoms with van der Waals surface area (Å²) in [6.45, 7) is 0. The summed E-state index contributed by atoms with van der Waals surface area (Å²) in [5.74, 6) is -0.667. The van der Waals surface area contributed by atoms with Crippen LogP contribution in [0.5, 0.6) is 11.5 Å². The molecule has 0 fully saturated rings. The van der Waals surface area contributed by atoms with Gasteiger partial charge >= 0.3 is 5.97 Å². The van der Waals surface area contributed by atoms with E-state index in [9.17, 15) is 14.4 Å². The first-order valence-corrected chi connectivity index (χ1v) is 12.6. The monoisotopic (exact) mass is 639 g/mol. The SMILES string of the molecule is COc1ccc(C(=O)Nc2cccc(C(=O)NN=Cc3cc(Br)cc(Br)c3OC(=O)c3ccco3)c2)cc1. The molecule has 1 aromatic heterocycles. The number of benzene rings is 3. The molecule has 1 heterocycles. The van der Waals surface area contributed by atoms with E-state index in [1.54, 1.807) is 67.8 Å². The van der Waals surface area contributed by atoms with Crippen molar-refractivity contribution in [1.29, 1.82) is 0 Å². The average Bonchev–Trinajstić information content (AvgIpc) is 3.46. The Labute approximate surface area is 234 Å². The lowest BCUT2D eigenvalue weighted by Crippen LogP contribution is -2.18. The fourth-order valence-corrected chi connectivity index (χ4v) is 4.57. The van der Waals surface area contributed by atoms with Crippen molar-refractivity contribution in [2.75, 3.05) is 12.4 Å². The van der Waals surface area contributed by atoms with Crippen LogP contribution in [0.1, 0.15) is 36.8 Å². The Kier molecular flexibility index (Phi) is 8.72. The maximum absolute atomic E-state index is 12.7. The maximum atomic E-state index is 12.7. The van der Waals surface area contributed by atoms with Crippen LogP contribution >= 0.6 is 31.9 Å². The van der Waals surface area contributed by atoms with Gasteiger partial charge in [0.1, 0.15) is 5.75 Å². The zero-order valence-corrected chi connectivity index (χ0v) is 22.9. The standard InChI is InChI=1S/C27H19Br2N3O6/c1-36-21-9-7-16(8-10-21)25(33)31-20-5-2-4-17(13-20)26(34)32-30-15-18-12-19(28)14-22(29)24(18)38-27(35)23-6-3-11-37-23/h2-15H,1H3,(H,31,33)(H,32,34). The van der Waals surface area contributed by atoms with Crippen LogP contribution in [0.3, 0.4) is 0 Å². The highest BCUT2D eigenvalue weighted by molar-refractivity contribution is 9.11.